The molecular weight excluding hydrogens is 236 g/mol. The van der Waals surface area contributed by atoms with Gasteiger partial charge in [0.25, 0.3) is 0 Å². The van der Waals surface area contributed by atoms with E-state index in [1.165, 1.54) is 0 Å². The lowest BCUT2D eigenvalue weighted by atomic mass is 10.1. The number of nitrogens with two attached hydrogens (primary N) is 1. The zero-order valence-corrected chi connectivity index (χ0v) is 10.6. The standard InChI is InChI=1S/C12H18N2O4/c1-3-9-4-5-10(11(8-9)16-2)17-7-6-12(15)18-14-13/h4-5,8,14H,3,6-7,13H2,1-2H3. The number of benzene rings is 1. The second-order valence-electron chi connectivity index (χ2n) is 3.53. The van der Waals surface area contributed by atoms with Crippen LogP contribution in [0.3, 0.4) is 0 Å². The van der Waals surface area contributed by atoms with Crippen molar-refractivity contribution >= 4 is 5.97 Å². The number of methoxy groups -OCH3 is 1. The Morgan fingerprint density at radius 2 is 2.17 bits per heavy atom. The molecule has 0 aliphatic heterocycles. The van der Waals surface area contributed by atoms with Gasteiger partial charge in [0.05, 0.1) is 20.1 Å². The fourth-order valence-corrected chi connectivity index (χ4v) is 1.41. The number of carbonyl (C=O) groups excluding carboxylic acids is 1. The Bertz CT molecular complexity index is 396. The van der Waals surface area contributed by atoms with Crippen LogP contribution in [0.4, 0.5) is 0 Å². The molecule has 0 saturated carbocycles. The lowest BCUT2D eigenvalue weighted by Gasteiger charge is -2.11. The zero-order chi connectivity index (χ0) is 13.4. The lowest BCUT2D eigenvalue weighted by molar-refractivity contribution is -0.151. The lowest BCUT2D eigenvalue weighted by Crippen LogP contribution is -2.26. The van der Waals surface area contributed by atoms with Gasteiger partial charge in [-0.2, -0.15) is 0 Å². The largest absolute Gasteiger partial charge is 0.493 e. The maximum absolute atomic E-state index is 11.0. The molecule has 0 fully saturated rings. The summed E-state index contributed by atoms with van der Waals surface area (Å²) < 4.78 is 10.7. The number of aryl methyl sites for hydroxylation is 1. The molecule has 18 heavy (non-hydrogen) atoms. The molecule has 0 unspecified atom stereocenters. The van der Waals surface area contributed by atoms with Gasteiger partial charge in [0.15, 0.2) is 11.5 Å². The molecule has 0 aromatic heterocycles. The molecular formula is C12H18N2O4. The average molecular weight is 254 g/mol. The van der Waals surface area contributed by atoms with Gasteiger partial charge in [0.2, 0.25) is 0 Å². The first-order valence-electron chi connectivity index (χ1n) is 5.66. The summed E-state index contributed by atoms with van der Waals surface area (Å²) in [5.74, 6) is 5.60. The van der Waals surface area contributed by atoms with Crippen molar-refractivity contribution < 1.29 is 19.1 Å². The van der Waals surface area contributed by atoms with Gasteiger partial charge in [0, 0.05) is 0 Å². The highest BCUT2D eigenvalue weighted by molar-refractivity contribution is 5.69. The Labute approximate surface area is 106 Å². The predicted octanol–water partition coefficient (Wildman–Crippen LogP) is 0.948. The van der Waals surface area contributed by atoms with E-state index in [1.54, 1.807) is 7.11 Å². The Hall–Kier alpha value is -1.79. The summed E-state index contributed by atoms with van der Waals surface area (Å²) in [5.41, 5.74) is 2.98. The van der Waals surface area contributed by atoms with Crippen LogP contribution in [-0.4, -0.2) is 19.7 Å². The summed E-state index contributed by atoms with van der Waals surface area (Å²) in [6.07, 6.45) is 1.02. The maximum Gasteiger partial charge on any atom is 0.329 e. The molecule has 6 nitrogen and oxygen atoms in total. The van der Waals surface area contributed by atoms with Crippen molar-refractivity contribution in [3.8, 4) is 11.5 Å². The van der Waals surface area contributed by atoms with Crippen molar-refractivity contribution in [2.45, 2.75) is 19.8 Å². The number of hydrogen-bond acceptors (Lipinski definition) is 6. The number of rotatable bonds is 7. The van der Waals surface area contributed by atoms with E-state index in [2.05, 4.69) is 11.8 Å². The number of nitrogens with one attached hydrogen (secondary N) is 1. The summed E-state index contributed by atoms with van der Waals surface area (Å²) >= 11 is 0. The molecule has 0 spiro atoms. The summed E-state index contributed by atoms with van der Waals surface area (Å²) in [6, 6.07) is 5.69. The van der Waals surface area contributed by atoms with Gasteiger partial charge in [-0.25, -0.2) is 5.84 Å². The smallest absolute Gasteiger partial charge is 0.329 e. The second-order valence-corrected chi connectivity index (χ2v) is 3.53. The van der Waals surface area contributed by atoms with Crippen LogP contribution in [0.15, 0.2) is 18.2 Å². The SMILES string of the molecule is CCc1ccc(OCCC(=O)ONN)c(OC)c1. The molecule has 0 saturated heterocycles. The first kappa shape index (κ1) is 14.3. The first-order chi connectivity index (χ1) is 8.71. The fourth-order valence-electron chi connectivity index (χ4n) is 1.41. The molecule has 0 radical (unpaired) electrons. The monoisotopic (exact) mass is 254 g/mol. The van der Waals surface area contributed by atoms with Gasteiger partial charge in [-0.3, -0.25) is 4.79 Å². The summed E-state index contributed by atoms with van der Waals surface area (Å²) in [7, 11) is 1.58. The molecule has 1 rings (SSSR count). The van der Waals surface area contributed by atoms with Gasteiger partial charge in [-0.05, 0) is 24.1 Å². The molecule has 0 aliphatic carbocycles. The maximum atomic E-state index is 11.0. The van der Waals surface area contributed by atoms with E-state index in [1.807, 2.05) is 23.8 Å². The highest BCUT2D eigenvalue weighted by atomic mass is 16.7. The Kier molecular flexibility index (Phi) is 5.96. The van der Waals surface area contributed by atoms with Crippen LogP contribution in [0.2, 0.25) is 0 Å². The topological polar surface area (TPSA) is 82.8 Å². The normalized spacial score (nSPS) is 9.94. The highest BCUT2D eigenvalue weighted by Gasteiger charge is 2.07. The number of ether oxygens (including phenoxy) is 2. The number of hydrogen-bond donors (Lipinski definition) is 2. The van der Waals surface area contributed by atoms with E-state index in [0.29, 0.717) is 11.5 Å². The Morgan fingerprint density at radius 1 is 1.39 bits per heavy atom. The quantitative estimate of drug-likeness (QED) is 0.557. The van der Waals surface area contributed by atoms with Crippen LogP contribution >= 0.6 is 0 Å². The molecule has 0 heterocycles. The Balaban J connectivity index is 2.53. The number of hydrazine groups is 1. The van der Waals surface area contributed by atoms with Crippen molar-refractivity contribution in [2.75, 3.05) is 13.7 Å². The van der Waals surface area contributed by atoms with Crippen molar-refractivity contribution in [3.05, 3.63) is 23.8 Å². The van der Waals surface area contributed by atoms with E-state index in [0.717, 1.165) is 12.0 Å². The molecule has 0 atom stereocenters. The molecule has 0 bridgehead atoms. The Morgan fingerprint density at radius 3 is 2.78 bits per heavy atom. The van der Waals surface area contributed by atoms with Crippen molar-refractivity contribution in [3.63, 3.8) is 0 Å². The molecule has 6 heteroatoms. The van der Waals surface area contributed by atoms with E-state index in [9.17, 15) is 4.79 Å². The van der Waals surface area contributed by atoms with Crippen LogP contribution in [0, 0.1) is 0 Å². The molecule has 1 aromatic carbocycles. The molecule has 100 valence electrons. The zero-order valence-electron chi connectivity index (χ0n) is 10.6. The van der Waals surface area contributed by atoms with Crippen molar-refractivity contribution in [2.24, 2.45) is 5.84 Å². The van der Waals surface area contributed by atoms with Crippen LogP contribution in [0.1, 0.15) is 18.9 Å². The van der Waals surface area contributed by atoms with E-state index < -0.39 is 5.97 Å². The van der Waals surface area contributed by atoms with Crippen molar-refractivity contribution in [1.82, 2.24) is 5.59 Å². The average Bonchev–Trinajstić information content (AvgIpc) is 2.39. The summed E-state index contributed by atoms with van der Waals surface area (Å²) in [6.45, 7) is 2.26. The molecule has 3 N–H and O–H groups in total. The fraction of sp³-hybridized carbons (Fsp3) is 0.417. The minimum Gasteiger partial charge on any atom is -0.493 e. The van der Waals surface area contributed by atoms with Gasteiger partial charge >= 0.3 is 5.97 Å². The van der Waals surface area contributed by atoms with Crippen LogP contribution in [-0.2, 0) is 16.1 Å². The van der Waals surface area contributed by atoms with Gasteiger partial charge in [-0.15, -0.1) is 0 Å². The van der Waals surface area contributed by atoms with Gasteiger partial charge in [-0.1, -0.05) is 18.6 Å². The van der Waals surface area contributed by atoms with Crippen LogP contribution in [0.25, 0.3) is 0 Å². The predicted molar refractivity (Wildman–Crippen MR) is 65.9 cm³/mol. The van der Waals surface area contributed by atoms with Crippen LogP contribution < -0.4 is 20.9 Å². The number of carbonyl (C=O) groups is 1. The third-order valence-electron chi connectivity index (χ3n) is 2.37. The molecule has 0 aliphatic rings. The highest BCUT2D eigenvalue weighted by Crippen LogP contribution is 2.28. The minimum atomic E-state index is -0.485. The van der Waals surface area contributed by atoms with Gasteiger partial charge < -0.3 is 14.3 Å². The van der Waals surface area contributed by atoms with Crippen LogP contribution in [0.5, 0.6) is 11.5 Å². The van der Waals surface area contributed by atoms with Gasteiger partial charge in [0.1, 0.15) is 0 Å². The van der Waals surface area contributed by atoms with E-state index >= 15 is 0 Å². The first-order valence-corrected chi connectivity index (χ1v) is 5.66. The minimum absolute atomic E-state index is 0.100. The second kappa shape index (κ2) is 7.52. The molecule has 0 amide bonds. The third-order valence-corrected chi connectivity index (χ3v) is 2.37. The summed E-state index contributed by atoms with van der Waals surface area (Å²) in [5, 5.41) is 0. The molecule has 1 aromatic rings. The summed E-state index contributed by atoms with van der Waals surface area (Å²) in [4.78, 5) is 15.4. The van der Waals surface area contributed by atoms with Crippen molar-refractivity contribution in [1.29, 1.82) is 0 Å². The van der Waals surface area contributed by atoms with E-state index in [-0.39, 0.29) is 13.0 Å². The van der Waals surface area contributed by atoms with E-state index in [4.69, 9.17) is 15.3 Å². The third kappa shape index (κ3) is 4.23.